The molecule has 19 heavy (non-hydrogen) atoms. The third kappa shape index (κ3) is 2.93. The quantitative estimate of drug-likeness (QED) is 0.704. The minimum Gasteiger partial charge on any atom is -0.261 e. The highest BCUT2D eigenvalue weighted by molar-refractivity contribution is 5.33. The van der Waals surface area contributed by atoms with Crippen molar-refractivity contribution in [2.24, 2.45) is 11.8 Å². The third-order valence-electron chi connectivity index (χ3n) is 4.48. The molecular formula is C15H20F3N. The van der Waals surface area contributed by atoms with E-state index in [9.17, 15) is 13.2 Å². The fourth-order valence-electron chi connectivity index (χ4n) is 3.15. The van der Waals surface area contributed by atoms with Crippen LogP contribution < -0.4 is 0 Å². The standard InChI is InChI=1S/C15H20F3N/c1-9-5-4-6-12(11(9)3)13-7-10(2)19-8-14(13)15(16,17)18/h7-9,11-12H,4-6H2,1-3H3. The molecule has 4 heteroatoms. The Hall–Kier alpha value is -1.06. The van der Waals surface area contributed by atoms with Gasteiger partial charge in [0.25, 0.3) is 0 Å². The van der Waals surface area contributed by atoms with Gasteiger partial charge >= 0.3 is 6.18 Å². The maximum absolute atomic E-state index is 13.1. The van der Waals surface area contributed by atoms with Gasteiger partial charge in [0, 0.05) is 11.9 Å². The van der Waals surface area contributed by atoms with E-state index >= 15 is 0 Å². The molecule has 0 amide bonds. The van der Waals surface area contributed by atoms with Gasteiger partial charge in [0.2, 0.25) is 0 Å². The smallest absolute Gasteiger partial charge is 0.261 e. The maximum atomic E-state index is 13.1. The van der Waals surface area contributed by atoms with Gasteiger partial charge in [-0.15, -0.1) is 0 Å². The Morgan fingerprint density at radius 3 is 2.53 bits per heavy atom. The molecule has 1 fully saturated rings. The van der Waals surface area contributed by atoms with Crippen molar-refractivity contribution in [3.63, 3.8) is 0 Å². The number of nitrogens with zero attached hydrogens (tertiary/aromatic N) is 1. The van der Waals surface area contributed by atoms with Gasteiger partial charge in [0.05, 0.1) is 5.56 Å². The lowest BCUT2D eigenvalue weighted by Crippen LogP contribution is -2.25. The number of aromatic nitrogens is 1. The van der Waals surface area contributed by atoms with Gasteiger partial charge in [-0.1, -0.05) is 26.7 Å². The summed E-state index contributed by atoms with van der Waals surface area (Å²) in [5, 5.41) is 0. The van der Waals surface area contributed by atoms with Gasteiger partial charge < -0.3 is 0 Å². The van der Waals surface area contributed by atoms with Gasteiger partial charge in [-0.05, 0) is 42.7 Å². The van der Waals surface area contributed by atoms with Crippen LogP contribution in [0.2, 0.25) is 0 Å². The minimum absolute atomic E-state index is 0.00192. The summed E-state index contributed by atoms with van der Waals surface area (Å²) in [6, 6.07) is 1.63. The third-order valence-corrected chi connectivity index (χ3v) is 4.48. The lowest BCUT2D eigenvalue weighted by Gasteiger charge is -2.35. The Bertz CT molecular complexity index is 453. The van der Waals surface area contributed by atoms with Crippen molar-refractivity contribution in [1.29, 1.82) is 0 Å². The minimum atomic E-state index is -4.31. The summed E-state index contributed by atoms with van der Waals surface area (Å²) >= 11 is 0. The van der Waals surface area contributed by atoms with Crippen LogP contribution in [0.5, 0.6) is 0 Å². The van der Waals surface area contributed by atoms with Gasteiger partial charge in [-0.2, -0.15) is 13.2 Å². The number of hydrogen-bond acceptors (Lipinski definition) is 1. The highest BCUT2D eigenvalue weighted by Gasteiger charge is 2.38. The average Bonchev–Trinajstić information content (AvgIpc) is 2.31. The van der Waals surface area contributed by atoms with Crippen LogP contribution in [-0.2, 0) is 6.18 Å². The van der Waals surface area contributed by atoms with E-state index in [1.807, 2.05) is 0 Å². The molecular weight excluding hydrogens is 251 g/mol. The SMILES string of the molecule is Cc1cc(C2CCCC(C)C2C)c(C(F)(F)F)cn1. The van der Waals surface area contributed by atoms with Crippen LogP contribution in [0.4, 0.5) is 13.2 Å². The monoisotopic (exact) mass is 271 g/mol. The van der Waals surface area contributed by atoms with E-state index < -0.39 is 11.7 Å². The van der Waals surface area contributed by atoms with E-state index in [1.165, 1.54) is 0 Å². The fraction of sp³-hybridized carbons (Fsp3) is 0.667. The van der Waals surface area contributed by atoms with Crippen LogP contribution in [0.1, 0.15) is 55.8 Å². The first-order chi connectivity index (χ1) is 8.80. The van der Waals surface area contributed by atoms with Crippen molar-refractivity contribution in [3.05, 3.63) is 29.1 Å². The first-order valence-electron chi connectivity index (χ1n) is 6.84. The van der Waals surface area contributed by atoms with Crippen LogP contribution in [-0.4, -0.2) is 4.98 Å². The topological polar surface area (TPSA) is 12.9 Å². The van der Waals surface area contributed by atoms with Crippen molar-refractivity contribution in [3.8, 4) is 0 Å². The molecule has 1 nitrogen and oxygen atoms in total. The van der Waals surface area contributed by atoms with Crippen molar-refractivity contribution in [2.75, 3.05) is 0 Å². The van der Waals surface area contributed by atoms with Crippen LogP contribution in [0.3, 0.4) is 0 Å². The number of rotatable bonds is 1. The largest absolute Gasteiger partial charge is 0.418 e. The molecule has 1 aliphatic carbocycles. The normalized spacial score (nSPS) is 28.4. The summed E-state index contributed by atoms with van der Waals surface area (Å²) in [4.78, 5) is 3.83. The predicted octanol–water partition coefficient (Wildman–Crippen LogP) is 4.95. The van der Waals surface area contributed by atoms with Gasteiger partial charge in [0.1, 0.15) is 0 Å². The summed E-state index contributed by atoms with van der Waals surface area (Å²) in [5.41, 5.74) is 0.552. The van der Waals surface area contributed by atoms with Crippen LogP contribution in [0.25, 0.3) is 0 Å². The molecule has 1 heterocycles. The molecule has 0 bridgehead atoms. The number of aryl methyl sites for hydroxylation is 1. The highest BCUT2D eigenvalue weighted by atomic mass is 19.4. The number of alkyl halides is 3. The predicted molar refractivity (Wildman–Crippen MR) is 68.9 cm³/mol. The Labute approximate surface area is 112 Å². The van der Waals surface area contributed by atoms with Crippen molar-refractivity contribution in [2.45, 2.75) is 52.1 Å². The highest BCUT2D eigenvalue weighted by Crippen LogP contribution is 2.45. The molecule has 3 unspecified atom stereocenters. The maximum Gasteiger partial charge on any atom is 0.418 e. The average molecular weight is 271 g/mol. The molecule has 0 aromatic carbocycles. The lowest BCUT2D eigenvalue weighted by atomic mass is 9.70. The van der Waals surface area contributed by atoms with E-state index in [2.05, 4.69) is 18.8 Å². The second-order valence-electron chi connectivity index (χ2n) is 5.78. The second kappa shape index (κ2) is 5.14. The van der Waals surface area contributed by atoms with Gasteiger partial charge in [-0.25, -0.2) is 0 Å². The molecule has 1 saturated carbocycles. The molecule has 0 saturated heterocycles. The first kappa shape index (κ1) is 14.4. The number of hydrogen-bond donors (Lipinski definition) is 0. The zero-order chi connectivity index (χ0) is 14.2. The molecule has 0 aliphatic heterocycles. The first-order valence-corrected chi connectivity index (χ1v) is 6.84. The van der Waals surface area contributed by atoms with E-state index in [-0.39, 0.29) is 11.8 Å². The molecule has 2 rings (SSSR count). The molecule has 1 aliphatic rings. The fourth-order valence-corrected chi connectivity index (χ4v) is 3.15. The molecule has 0 radical (unpaired) electrons. The molecule has 106 valence electrons. The number of pyridine rings is 1. The van der Waals surface area contributed by atoms with Crippen molar-refractivity contribution >= 4 is 0 Å². The van der Waals surface area contributed by atoms with Crippen molar-refractivity contribution in [1.82, 2.24) is 4.98 Å². The summed E-state index contributed by atoms with van der Waals surface area (Å²) in [7, 11) is 0. The zero-order valence-corrected chi connectivity index (χ0v) is 11.6. The Balaban J connectivity index is 2.45. The Morgan fingerprint density at radius 2 is 1.89 bits per heavy atom. The van der Waals surface area contributed by atoms with E-state index in [1.54, 1.807) is 13.0 Å². The molecule has 1 aromatic rings. The second-order valence-corrected chi connectivity index (χ2v) is 5.78. The molecule has 0 N–H and O–H groups in total. The van der Waals surface area contributed by atoms with Crippen molar-refractivity contribution < 1.29 is 13.2 Å². The Morgan fingerprint density at radius 1 is 1.21 bits per heavy atom. The van der Waals surface area contributed by atoms with Crippen LogP contribution >= 0.6 is 0 Å². The summed E-state index contributed by atoms with van der Waals surface area (Å²) in [6.07, 6.45) is -0.344. The molecule has 0 spiro atoms. The Kier molecular flexibility index (Phi) is 3.88. The van der Waals surface area contributed by atoms with Crippen LogP contribution in [0, 0.1) is 18.8 Å². The summed E-state index contributed by atoms with van der Waals surface area (Å²) in [5.74, 6) is 0.770. The van der Waals surface area contributed by atoms with Gasteiger partial charge in [0.15, 0.2) is 0 Å². The van der Waals surface area contributed by atoms with Gasteiger partial charge in [-0.3, -0.25) is 4.98 Å². The van der Waals surface area contributed by atoms with E-state index in [4.69, 9.17) is 0 Å². The summed E-state index contributed by atoms with van der Waals surface area (Å²) in [6.45, 7) is 5.96. The molecule has 3 atom stereocenters. The van der Waals surface area contributed by atoms with E-state index in [0.717, 1.165) is 25.5 Å². The number of halogens is 3. The lowest BCUT2D eigenvalue weighted by molar-refractivity contribution is -0.138. The zero-order valence-electron chi connectivity index (χ0n) is 11.6. The van der Waals surface area contributed by atoms with E-state index in [0.29, 0.717) is 17.2 Å². The summed E-state index contributed by atoms with van der Waals surface area (Å²) < 4.78 is 39.4. The molecule has 1 aromatic heterocycles. The van der Waals surface area contributed by atoms with Crippen LogP contribution in [0.15, 0.2) is 12.3 Å².